The third-order valence-corrected chi connectivity index (χ3v) is 4.24. The van der Waals surface area contributed by atoms with Gasteiger partial charge in [-0.25, -0.2) is 0 Å². The van der Waals surface area contributed by atoms with Crippen LogP contribution in [-0.4, -0.2) is 35.7 Å². The van der Waals surface area contributed by atoms with Crippen LogP contribution >= 0.6 is 0 Å². The molecule has 0 radical (unpaired) electrons. The van der Waals surface area contributed by atoms with Crippen LogP contribution in [0.5, 0.6) is 5.75 Å². The molecule has 108 valence electrons. The van der Waals surface area contributed by atoms with Crippen molar-refractivity contribution in [1.82, 2.24) is 4.90 Å². The molecule has 4 heteroatoms. The first kappa shape index (κ1) is 13.4. The zero-order valence-electron chi connectivity index (χ0n) is 11.8. The minimum absolute atomic E-state index is 0.225. The second kappa shape index (κ2) is 5.44. The fourth-order valence-electron chi connectivity index (χ4n) is 3.37. The van der Waals surface area contributed by atoms with E-state index in [9.17, 15) is 9.90 Å². The van der Waals surface area contributed by atoms with Gasteiger partial charge in [-0.05, 0) is 29.5 Å². The minimum Gasteiger partial charge on any atom is -0.493 e. The molecule has 1 fully saturated rings. The molecule has 2 unspecified atom stereocenters. The highest BCUT2D eigenvalue weighted by atomic mass is 16.5. The number of ether oxygens (including phenoxy) is 1. The average molecular weight is 275 g/mol. The Morgan fingerprint density at radius 3 is 3.10 bits per heavy atom. The number of carbonyl (C=O) groups is 1. The summed E-state index contributed by atoms with van der Waals surface area (Å²) < 4.78 is 5.52. The van der Waals surface area contributed by atoms with E-state index in [1.807, 2.05) is 6.07 Å². The van der Waals surface area contributed by atoms with Crippen LogP contribution in [0.15, 0.2) is 18.2 Å². The summed E-state index contributed by atoms with van der Waals surface area (Å²) in [5.41, 5.74) is 2.54. The van der Waals surface area contributed by atoms with E-state index < -0.39 is 5.97 Å². The van der Waals surface area contributed by atoms with Crippen molar-refractivity contribution in [3.05, 3.63) is 29.3 Å². The van der Waals surface area contributed by atoms with E-state index in [1.165, 1.54) is 11.1 Å². The predicted molar refractivity (Wildman–Crippen MR) is 75.8 cm³/mol. The Morgan fingerprint density at radius 1 is 1.45 bits per heavy atom. The number of likely N-dealkylation sites (tertiary alicyclic amines) is 1. The summed E-state index contributed by atoms with van der Waals surface area (Å²) >= 11 is 0. The molecule has 3 rings (SSSR count). The predicted octanol–water partition coefficient (Wildman–Crippen LogP) is 2.16. The molecule has 1 saturated heterocycles. The molecule has 2 aliphatic rings. The molecule has 0 aromatic heterocycles. The molecule has 2 aliphatic heterocycles. The first-order valence-corrected chi connectivity index (χ1v) is 7.31. The van der Waals surface area contributed by atoms with Crippen molar-refractivity contribution >= 4 is 5.97 Å². The van der Waals surface area contributed by atoms with E-state index in [4.69, 9.17) is 4.74 Å². The van der Waals surface area contributed by atoms with Crippen LogP contribution in [0.2, 0.25) is 0 Å². The number of nitrogens with zero attached hydrogens (tertiary/aromatic N) is 1. The summed E-state index contributed by atoms with van der Waals surface area (Å²) in [7, 11) is 0. The van der Waals surface area contributed by atoms with Crippen molar-refractivity contribution in [2.45, 2.75) is 26.3 Å². The van der Waals surface area contributed by atoms with Crippen LogP contribution in [0.3, 0.4) is 0 Å². The highest BCUT2D eigenvalue weighted by Crippen LogP contribution is 2.28. The van der Waals surface area contributed by atoms with Gasteiger partial charge < -0.3 is 9.84 Å². The van der Waals surface area contributed by atoms with Crippen molar-refractivity contribution < 1.29 is 14.6 Å². The zero-order chi connectivity index (χ0) is 14.1. The largest absolute Gasteiger partial charge is 0.493 e. The highest BCUT2D eigenvalue weighted by Gasteiger charge is 2.29. The molecule has 0 amide bonds. The Kier molecular flexibility index (Phi) is 3.66. The number of rotatable bonds is 3. The van der Waals surface area contributed by atoms with Crippen LogP contribution in [0.1, 0.15) is 24.5 Å². The van der Waals surface area contributed by atoms with Crippen molar-refractivity contribution in [1.29, 1.82) is 0 Å². The summed E-state index contributed by atoms with van der Waals surface area (Å²) in [6.07, 6.45) is 1.78. The van der Waals surface area contributed by atoms with E-state index in [1.54, 1.807) is 0 Å². The van der Waals surface area contributed by atoms with Gasteiger partial charge in [-0.1, -0.05) is 19.1 Å². The number of fused-ring (bicyclic) bond motifs is 1. The maximum Gasteiger partial charge on any atom is 0.307 e. The third kappa shape index (κ3) is 2.80. The highest BCUT2D eigenvalue weighted by molar-refractivity contribution is 5.70. The first-order valence-electron chi connectivity index (χ1n) is 7.31. The number of carboxylic acids is 1. The van der Waals surface area contributed by atoms with E-state index in [0.29, 0.717) is 12.5 Å². The molecule has 0 bridgehead atoms. The van der Waals surface area contributed by atoms with E-state index >= 15 is 0 Å². The lowest BCUT2D eigenvalue weighted by molar-refractivity contribution is -0.144. The molecule has 0 spiro atoms. The molecular weight excluding hydrogens is 254 g/mol. The van der Waals surface area contributed by atoms with Gasteiger partial charge in [0.25, 0.3) is 0 Å². The first-order chi connectivity index (χ1) is 9.61. The summed E-state index contributed by atoms with van der Waals surface area (Å²) in [5.74, 6) is 0.562. The van der Waals surface area contributed by atoms with Gasteiger partial charge in [0, 0.05) is 26.1 Å². The zero-order valence-corrected chi connectivity index (χ0v) is 11.8. The smallest absolute Gasteiger partial charge is 0.307 e. The molecule has 1 aromatic carbocycles. The maximum absolute atomic E-state index is 11.2. The molecule has 2 heterocycles. The van der Waals surface area contributed by atoms with Crippen LogP contribution in [0.25, 0.3) is 0 Å². The molecule has 0 saturated carbocycles. The fourth-order valence-corrected chi connectivity index (χ4v) is 3.37. The van der Waals surface area contributed by atoms with Crippen molar-refractivity contribution in [2.24, 2.45) is 11.8 Å². The van der Waals surface area contributed by atoms with Gasteiger partial charge in [-0.3, -0.25) is 9.69 Å². The molecule has 4 nitrogen and oxygen atoms in total. The second-order valence-electron chi connectivity index (χ2n) is 6.11. The van der Waals surface area contributed by atoms with Gasteiger partial charge in [0.1, 0.15) is 5.75 Å². The van der Waals surface area contributed by atoms with E-state index in [2.05, 4.69) is 24.0 Å². The normalized spacial score (nSPS) is 26.1. The summed E-state index contributed by atoms with van der Waals surface area (Å²) in [5, 5.41) is 9.22. The third-order valence-electron chi connectivity index (χ3n) is 4.24. The number of carboxylic acid groups (broad SMARTS) is 1. The molecule has 2 atom stereocenters. The van der Waals surface area contributed by atoms with Crippen molar-refractivity contribution in [2.75, 3.05) is 19.7 Å². The lowest BCUT2D eigenvalue weighted by Crippen LogP contribution is -2.41. The van der Waals surface area contributed by atoms with Gasteiger partial charge in [-0.2, -0.15) is 0 Å². The molecule has 0 aliphatic carbocycles. The molecule has 1 aromatic rings. The summed E-state index contributed by atoms with van der Waals surface area (Å²) in [6.45, 7) is 5.39. The standard InChI is InChI=1S/C16H21NO3/c1-11-6-14(16(18)19)10-17(8-11)9-12-2-3-15-13(7-12)4-5-20-15/h2-3,7,11,14H,4-6,8-10H2,1H3,(H,18,19). The lowest BCUT2D eigenvalue weighted by atomic mass is 9.90. The van der Waals surface area contributed by atoms with Gasteiger partial charge in [0.05, 0.1) is 12.5 Å². The van der Waals surface area contributed by atoms with E-state index in [0.717, 1.165) is 38.3 Å². The molecule has 20 heavy (non-hydrogen) atoms. The summed E-state index contributed by atoms with van der Waals surface area (Å²) in [6, 6.07) is 6.34. The maximum atomic E-state index is 11.2. The summed E-state index contributed by atoms with van der Waals surface area (Å²) in [4.78, 5) is 13.5. The Morgan fingerprint density at radius 2 is 2.30 bits per heavy atom. The van der Waals surface area contributed by atoms with Gasteiger partial charge in [0.15, 0.2) is 0 Å². The van der Waals surface area contributed by atoms with Crippen LogP contribution in [-0.2, 0) is 17.8 Å². The monoisotopic (exact) mass is 275 g/mol. The van der Waals surface area contributed by atoms with Gasteiger partial charge >= 0.3 is 5.97 Å². The van der Waals surface area contributed by atoms with Gasteiger partial charge in [-0.15, -0.1) is 0 Å². The number of piperidine rings is 1. The average Bonchev–Trinajstić information content (AvgIpc) is 2.85. The molecular formula is C16H21NO3. The van der Waals surface area contributed by atoms with Crippen molar-refractivity contribution in [3.8, 4) is 5.75 Å². The fraction of sp³-hybridized carbons (Fsp3) is 0.562. The Balaban J connectivity index is 1.69. The van der Waals surface area contributed by atoms with E-state index in [-0.39, 0.29) is 5.92 Å². The van der Waals surface area contributed by atoms with Gasteiger partial charge in [0.2, 0.25) is 0 Å². The number of aliphatic carboxylic acids is 1. The second-order valence-corrected chi connectivity index (χ2v) is 6.11. The SMILES string of the molecule is CC1CC(C(=O)O)CN(Cc2ccc3c(c2)CCO3)C1. The number of hydrogen-bond acceptors (Lipinski definition) is 3. The quantitative estimate of drug-likeness (QED) is 0.918. The van der Waals surface area contributed by atoms with Crippen molar-refractivity contribution in [3.63, 3.8) is 0 Å². The number of benzene rings is 1. The molecule has 1 N–H and O–H groups in total. The van der Waals surface area contributed by atoms with Crippen LogP contribution in [0.4, 0.5) is 0 Å². The lowest BCUT2D eigenvalue weighted by Gasteiger charge is -2.34. The minimum atomic E-state index is -0.663. The Labute approximate surface area is 119 Å². The Hall–Kier alpha value is -1.55. The number of hydrogen-bond donors (Lipinski definition) is 1. The van der Waals surface area contributed by atoms with Crippen LogP contribution < -0.4 is 4.74 Å². The van der Waals surface area contributed by atoms with Crippen LogP contribution in [0, 0.1) is 11.8 Å². The topological polar surface area (TPSA) is 49.8 Å². The Bertz CT molecular complexity index is 514.